The minimum atomic E-state index is -0.346. The number of rotatable bonds is 7. The highest BCUT2D eigenvalue weighted by molar-refractivity contribution is 7.10. The zero-order chi connectivity index (χ0) is 19.3. The van der Waals surface area contributed by atoms with Gasteiger partial charge in [0.15, 0.2) is 11.5 Å². The molecule has 2 N–H and O–H groups in total. The van der Waals surface area contributed by atoms with Gasteiger partial charge in [-0.25, -0.2) is 0 Å². The maximum atomic E-state index is 12.7. The van der Waals surface area contributed by atoms with Crippen LogP contribution in [0.5, 0.6) is 11.5 Å². The maximum absolute atomic E-state index is 12.7. The molecule has 0 saturated carbocycles. The third-order valence-corrected chi connectivity index (χ3v) is 5.61. The molecule has 2 atom stereocenters. The lowest BCUT2D eigenvalue weighted by atomic mass is 10.0. The summed E-state index contributed by atoms with van der Waals surface area (Å²) in [5, 5.41) is 8.52. The zero-order valence-corrected chi connectivity index (χ0v) is 16.4. The Hall–Kier alpha value is -2.83. The molecule has 2 aromatic carbocycles. The van der Waals surface area contributed by atoms with Crippen LogP contribution in [0.3, 0.4) is 0 Å². The van der Waals surface area contributed by atoms with Gasteiger partial charge >= 0.3 is 0 Å². The summed E-state index contributed by atoms with van der Waals surface area (Å²) in [5.74, 6) is 1.42. The summed E-state index contributed by atoms with van der Waals surface area (Å²) in [5.41, 5.74) is 2.11. The number of nitrogens with one attached hydrogen (secondary N) is 2. The first-order valence-corrected chi connectivity index (χ1v) is 10.1. The molecule has 0 saturated heterocycles. The molecule has 3 aromatic rings. The van der Waals surface area contributed by atoms with Crippen LogP contribution in [0.25, 0.3) is 0 Å². The van der Waals surface area contributed by atoms with E-state index in [4.69, 9.17) is 9.47 Å². The van der Waals surface area contributed by atoms with Crippen molar-refractivity contribution in [2.24, 2.45) is 0 Å². The predicted molar refractivity (Wildman–Crippen MR) is 110 cm³/mol. The average Bonchev–Trinajstić information content (AvgIpc) is 3.42. The highest BCUT2D eigenvalue weighted by atomic mass is 32.1. The molecule has 144 valence electrons. The summed E-state index contributed by atoms with van der Waals surface area (Å²) in [4.78, 5) is 13.8. The highest BCUT2D eigenvalue weighted by Crippen LogP contribution is 2.32. The Balaban J connectivity index is 1.40. The largest absolute Gasteiger partial charge is 0.454 e. The van der Waals surface area contributed by atoms with E-state index in [0.717, 1.165) is 22.6 Å². The fourth-order valence-electron chi connectivity index (χ4n) is 3.16. The van der Waals surface area contributed by atoms with Crippen LogP contribution >= 0.6 is 11.3 Å². The molecule has 0 unspecified atom stereocenters. The Kier molecular flexibility index (Phi) is 5.60. The van der Waals surface area contributed by atoms with Gasteiger partial charge in [-0.05, 0) is 41.6 Å². The summed E-state index contributed by atoms with van der Waals surface area (Å²) in [6, 6.07) is 19.6. The van der Waals surface area contributed by atoms with Gasteiger partial charge in [-0.15, -0.1) is 11.3 Å². The van der Waals surface area contributed by atoms with E-state index in [2.05, 4.69) is 34.2 Å². The van der Waals surface area contributed by atoms with Crippen molar-refractivity contribution in [1.29, 1.82) is 0 Å². The summed E-state index contributed by atoms with van der Waals surface area (Å²) in [6.07, 6.45) is 0. The Morgan fingerprint density at radius 2 is 1.89 bits per heavy atom. The average molecular weight is 394 g/mol. The van der Waals surface area contributed by atoms with E-state index in [1.54, 1.807) is 11.3 Å². The molecule has 4 rings (SSSR count). The van der Waals surface area contributed by atoms with Crippen molar-refractivity contribution >= 4 is 17.2 Å². The van der Waals surface area contributed by atoms with Crippen LogP contribution in [0.2, 0.25) is 0 Å². The van der Waals surface area contributed by atoms with Crippen molar-refractivity contribution in [3.63, 3.8) is 0 Å². The number of fused-ring (bicyclic) bond motifs is 1. The molecule has 0 aliphatic carbocycles. The molecule has 5 nitrogen and oxygen atoms in total. The molecular formula is C22H22N2O3S. The molecule has 1 aliphatic heterocycles. The summed E-state index contributed by atoms with van der Waals surface area (Å²) >= 11 is 1.68. The lowest BCUT2D eigenvalue weighted by Gasteiger charge is -2.22. The molecular weight excluding hydrogens is 372 g/mol. The van der Waals surface area contributed by atoms with Crippen LogP contribution in [-0.4, -0.2) is 18.7 Å². The Morgan fingerprint density at radius 3 is 2.68 bits per heavy atom. The van der Waals surface area contributed by atoms with E-state index < -0.39 is 0 Å². The van der Waals surface area contributed by atoms with Crippen molar-refractivity contribution in [3.05, 3.63) is 82.0 Å². The predicted octanol–water partition coefficient (Wildman–Crippen LogP) is 3.86. The van der Waals surface area contributed by atoms with Crippen molar-refractivity contribution < 1.29 is 14.3 Å². The topological polar surface area (TPSA) is 59.6 Å². The van der Waals surface area contributed by atoms with Gasteiger partial charge in [-0.3, -0.25) is 10.1 Å². The van der Waals surface area contributed by atoms with Gasteiger partial charge in [0.05, 0.1) is 12.1 Å². The van der Waals surface area contributed by atoms with Gasteiger partial charge in [0.25, 0.3) is 0 Å². The smallest absolute Gasteiger partial charge is 0.237 e. The molecule has 1 aliphatic rings. The lowest BCUT2D eigenvalue weighted by Crippen LogP contribution is -2.43. The van der Waals surface area contributed by atoms with Crippen molar-refractivity contribution in [1.82, 2.24) is 10.6 Å². The quantitative estimate of drug-likeness (QED) is 0.639. The van der Waals surface area contributed by atoms with Crippen molar-refractivity contribution in [3.8, 4) is 11.5 Å². The van der Waals surface area contributed by atoms with Gasteiger partial charge in [0, 0.05) is 11.4 Å². The van der Waals surface area contributed by atoms with Crippen LogP contribution in [0.4, 0.5) is 0 Å². The van der Waals surface area contributed by atoms with Crippen LogP contribution in [0, 0.1) is 0 Å². The normalized spacial score (nSPS) is 14.5. The number of carbonyl (C=O) groups is 1. The lowest BCUT2D eigenvalue weighted by molar-refractivity contribution is -0.123. The second-order valence-electron chi connectivity index (χ2n) is 6.65. The second kappa shape index (κ2) is 8.46. The summed E-state index contributed by atoms with van der Waals surface area (Å²) < 4.78 is 10.7. The number of hydrogen-bond acceptors (Lipinski definition) is 5. The molecule has 0 fully saturated rings. The summed E-state index contributed by atoms with van der Waals surface area (Å²) in [6.45, 7) is 2.57. The number of thiophene rings is 1. The second-order valence-corrected chi connectivity index (χ2v) is 7.63. The van der Waals surface area contributed by atoms with Gasteiger partial charge in [0.2, 0.25) is 12.7 Å². The molecule has 1 aromatic heterocycles. The van der Waals surface area contributed by atoms with Crippen LogP contribution in [-0.2, 0) is 11.3 Å². The number of ether oxygens (including phenoxy) is 2. The van der Waals surface area contributed by atoms with E-state index in [1.165, 1.54) is 4.88 Å². The van der Waals surface area contributed by atoms with E-state index in [9.17, 15) is 4.79 Å². The molecule has 2 heterocycles. The first-order valence-electron chi connectivity index (χ1n) is 9.21. The third-order valence-electron chi connectivity index (χ3n) is 4.67. The minimum Gasteiger partial charge on any atom is -0.454 e. The fourth-order valence-corrected chi connectivity index (χ4v) is 3.97. The van der Waals surface area contributed by atoms with Crippen LogP contribution < -0.4 is 20.1 Å². The molecule has 0 spiro atoms. The first kappa shape index (κ1) is 18.5. The highest BCUT2D eigenvalue weighted by Gasteiger charge is 2.21. The Morgan fingerprint density at radius 1 is 1.07 bits per heavy atom. The third kappa shape index (κ3) is 4.18. The monoisotopic (exact) mass is 394 g/mol. The molecule has 28 heavy (non-hydrogen) atoms. The van der Waals surface area contributed by atoms with Gasteiger partial charge in [-0.2, -0.15) is 0 Å². The van der Waals surface area contributed by atoms with Crippen LogP contribution in [0.15, 0.2) is 66.0 Å². The first-order chi connectivity index (χ1) is 13.7. The summed E-state index contributed by atoms with van der Waals surface area (Å²) in [7, 11) is 0. The van der Waals surface area contributed by atoms with E-state index in [-0.39, 0.29) is 24.8 Å². The van der Waals surface area contributed by atoms with Gasteiger partial charge < -0.3 is 14.8 Å². The number of amides is 1. The fraction of sp³-hybridized carbons (Fsp3) is 0.227. The van der Waals surface area contributed by atoms with E-state index >= 15 is 0 Å². The van der Waals surface area contributed by atoms with E-state index in [0.29, 0.717) is 6.54 Å². The molecule has 0 bridgehead atoms. The molecule has 0 radical (unpaired) electrons. The SMILES string of the molecule is C[C@@H](N[C@@H](c1ccccc1)c1cccs1)C(=O)NCc1ccc2c(c1)OCO2. The number of benzene rings is 2. The molecule has 1 amide bonds. The maximum Gasteiger partial charge on any atom is 0.237 e. The number of hydrogen-bond donors (Lipinski definition) is 2. The standard InChI is InChI=1S/C22H22N2O3S/c1-15(22(25)23-13-16-9-10-18-19(12-16)27-14-26-18)24-21(20-8-5-11-28-20)17-6-3-2-4-7-17/h2-12,15,21,24H,13-14H2,1H3,(H,23,25)/t15-,21+/m1/s1. The van der Waals surface area contributed by atoms with E-state index in [1.807, 2.05) is 49.4 Å². The van der Waals surface area contributed by atoms with Gasteiger partial charge in [0.1, 0.15) is 0 Å². The van der Waals surface area contributed by atoms with Crippen LogP contribution in [0.1, 0.15) is 29.0 Å². The van der Waals surface area contributed by atoms with Crippen molar-refractivity contribution in [2.75, 3.05) is 6.79 Å². The number of carbonyl (C=O) groups excluding carboxylic acids is 1. The zero-order valence-electron chi connectivity index (χ0n) is 15.6. The van der Waals surface area contributed by atoms with Crippen molar-refractivity contribution in [2.45, 2.75) is 25.6 Å². The Bertz CT molecular complexity index is 928. The Labute approximate surface area is 168 Å². The van der Waals surface area contributed by atoms with Gasteiger partial charge in [-0.1, -0.05) is 42.5 Å². The molecule has 6 heteroatoms. The minimum absolute atomic E-state index is 0.0208.